The molecular formula is C24H23N3O. The first-order valence-electron chi connectivity index (χ1n) is 9.37. The van der Waals surface area contributed by atoms with Crippen LogP contribution in [0.5, 0.6) is 5.75 Å². The zero-order valence-electron chi connectivity index (χ0n) is 16.3. The maximum absolute atomic E-state index is 11.1. The lowest BCUT2D eigenvalue weighted by Crippen LogP contribution is -2.14. The Balaban J connectivity index is 1.88. The molecule has 0 saturated heterocycles. The highest BCUT2D eigenvalue weighted by atomic mass is 16.3. The van der Waals surface area contributed by atoms with Crippen molar-refractivity contribution in [2.75, 3.05) is 5.32 Å². The molecule has 4 heteroatoms. The highest BCUT2D eigenvalue weighted by Crippen LogP contribution is 2.36. The van der Waals surface area contributed by atoms with E-state index < -0.39 is 0 Å². The van der Waals surface area contributed by atoms with Gasteiger partial charge in [0.15, 0.2) is 0 Å². The van der Waals surface area contributed by atoms with Crippen molar-refractivity contribution in [1.82, 2.24) is 9.97 Å². The third kappa shape index (κ3) is 3.41. The molecular weight excluding hydrogens is 346 g/mol. The smallest absolute Gasteiger partial charge is 0.147 e. The molecule has 1 atom stereocenters. The Labute approximate surface area is 164 Å². The molecule has 4 rings (SSSR count). The topological polar surface area (TPSA) is 58.0 Å². The molecule has 0 radical (unpaired) electrons. The lowest BCUT2D eigenvalue weighted by atomic mass is 9.94. The molecule has 0 fully saturated rings. The van der Waals surface area contributed by atoms with Gasteiger partial charge in [-0.2, -0.15) is 0 Å². The molecule has 0 saturated carbocycles. The van der Waals surface area contributed by atoms with Crippen LogP contribution in [0.4, 0.5) is 5.82 Å². The van der Waals surface area contributed by atoms with Gasteiger partial charge in [-0.05, 0) is 55.7 Å². The van der Waals surface area contributed by atoms with Gasteiger partial charge in [-0.1, -0.05) is 42.5 Å². The lowest BCUT2D eigenvalue weighted by molar-refractivity contribution is 0.471. The van der Waals surface area contributed by atoms with Crippen molar-refractivity contribution in [3.8, 4) is 5.75 Å². The number of nitrogens with zero attached hydrogens (tertiary/aromatic N) is 2. The Morgan fingerprint density at radius 1 is 0.893 bits per heavy atom. The molecule has 0 aliphatic heterocycles. The Morgan fingerprint density at radius 2 is 1.71 bits per heavy atom. The van der Waals surface area contributed by atoms with Gasteiger partial charge in [0.05, 0.1) is 6.04 Å². The predicted molar refractivity (Wildman–Crippen MR) is 114 cm³/mol. The average molecular weight is 369 g/mol. The SMILES string of the molecule is Cc1ccc2ccc(C(Nc3ccccn3)c3ccc(C)c(C)c3)c(O)c2n1. The Hall–Kier alpha value is -3.40. The number of aryl methyl sites for hydroxylation is 3. The van der Waals surface area contributed by atoms with Crippen LogP contribution in [-0.2, 0) is 0 Å². The number of nitrogens with one attached hydrogen (secondary N) is 1. The average Bonchev–Trinajstić information content (AvgIpc) is 2.70. The van der Waals surface area contributed by atoms with Crippen molar-refractivity contribution in [3.63, 3.8) is 0 Å². The van der Waals surface area contributed by atoms with Gasteiger partial charge in [0.1, 0.15) is 17.1 Å². The van der Waals surface area contributed by atoms with Crippen molar-refractivity contribution in [1.29, 1.82) is 0 Å². The third-order valence-corrected chi connectivity index (χ3v) is 5.14. The van der Waals surface area contributed by atoms with Crippen molar-refractivity contribution in [2.45, 2.75) is 26.8 Å². The standard InChI is InChI=1S/C24H23N3O/c1-15-7-9-19(14-16(15)2)22(27-21-6-4-5-13-25-21)20-12-11-18-10-8-17(3)26-23(18)24(20)28/h4-14,22,28H,1-3H3,(H,25,27). The van der Waals surface area contributed by atoms with Gasteiger partial charge in [0.25, 0.3) is 0 Å². The van der Waals surface area contributed by atoms with E-state index in [1.165, 1.54) is 11.1 Å². The quantitative estimate of drug-likeness (QED) is 0.501. The lowest BCUT2D eigenvalue weighted by Gasteiger charge is -2.23. The van der Waals surface area contributed by atoms with Crippen LogP contribution < -0.4 is 5.32 Å². The number of rotatable bonds is 4. The van der Waals surface area contributed by atoms with E-state index in [9.17, 15) is 5.11 Å². The van der Waals surface area contributed by atoms with Crippen LogP contribution in [0.3, 0.4) is 0 Å². The van der Waals surface area contributed by atoms with E-state index in [2.05, 4.69) is 47.3 Å². The molecule has 2 aromatic heterocycles. The fraction of sp³-hybridized carbons (Fsp3) is 0.167. The first-order valence-corrected chi connectivity index (χ1v) is 9.37. The Morgan fingerprint density at radius 3 is 2.46 bits per heavy atom. The van der Waals surface area contributed by atoms with E-state index in [-0.39, 0.29) is 11.8 Å². The Bertz CT molecular complexity index is 1140. The van der Waals surface area contributed by atoms with Gasteiger partial charge < -0.3 is 10.4 Å². The fourth-order valence-electron chi connectivity index (χ4n) is 3.40. The minimum absolute atomic E-state index is 0.202. The Kier molecular flexibility index (Phi) is 4.70. The van der Waals surface area contributed by atoms with Gasteiger partial charge in [-0.15, -0.1) is 0 Å². The number of anilines is 1. The van der Waals surface area contributed by atoms with Crippen LogP contribution in [0.1, 0.15) is 34.0 Å². The summed E-state index contributed by atoms with van der Waals surface area (Å²) in [6.45, 7) is 6.13. The number of phenols is 1. The fourth-order valence-corrected chi connectivity index (χ4v) is 3.40. The van der Waals surface area contributed by atoms with Crippen LogP contribution in [0, 0.1) is 20.8 Å². The summed E-state index contributed by atoms with van der Waals surface area (Å²) in [6, 6.07) is 19.8. The normalized spacial score (nSPS) is 12.1. The van der Waals surface area contributed by atoms with Crippen LogP contribution >= 0.6 is 0 Å². The number of pyridine rings is 2. The number of aromatic hydroxyl groups is 1. The second-order valence-electron chi connectivity index (χ2n) is 7.16. The van der Waals surface area contributed by atoms with Crippen molar-refractivity contribution >= 4 is 16.7 Å². The molecule has 2 aromatic carbocycles. The summed E-state index contributed by atoms with van der Waals surface area (Å²) in [5.74, 6) is 0.954. The number of benzene rings is 2. The van der Waals surface area contributed by atoms with Gasteiger partial charge >= 0.3 is 0 Å². The van der Waals surface area contributed by atoms with E-state index in [1.54, 1.807) is 6.20 Å². The number of hydrogen-bond acceptors (Lipinski definition) is 4. The number of hydrogen-bond donors (Lipinski definition) is 2. The minimum Gasteiger partial charge on any atom is -0.505 e. The highest BCUT2D eigenvalue weighted by Gasteiger charge is 2.21. The summed E-state index contributed by atoms with van der Waals surface area (Å²) >= 11 is 0. The summed E-state index contributed by atoms with van der Waals surface area (Å²) < 4.78 is 0. The van der Waals surface area contributed by atoms with E-state index in [4.69, 9.17) is 0 Å². The van der Waals surface area contributed by atoms with Crippen LogP contribution in [0.2, 0.25) is 0 Å². The zero-order valence-corrected chi connectivity index (χ0v) is 16.3. The molecule has 0 amide bonds. The van der Waals surface area contributed by atoms with E-state index in [1.807, 2.05) is 49.4 Å². The van der Waals surface area contributed by atoms with E-state index in [0.29, 0.717) is 5.52 Å². The summed E-state index contributed by atoms with van der Waals surface area (Å²) in [5.41, 5.74) is 5.78. The first-order chi connectivity index (χ1) is 13.5. The van der Waals surface area contributed by atoms with Gasteiger partial charge in [0.2, 0.25) is 0 Å². The van der Waals surface area contributed by atoms with E-state index in [0.717, 1.165) is 28.0 Å². The molecule has 0 aliphatic carbocycles. The van der Waals surface area contributed by atoms with Crippen molar-refractivity contribution in [2.24, 2.45) is 0 Å². The summed E-state index contributed by atoms with van der Waals surface area (Å²) in [6.07, 6.45) is 1.75. The van der Waals surface area contributed by atoms with Crippen LogP contribution in [-0.4, -0.2) is 15.1 Å². The van der Waals surface area contributed by atoms with Crippen molar-refractivity contribution < 1.29 is 5.11 Å². The molecule has 4 nitrogen and oxygen atoms in total. The maximum Gasteiger partial charge on any atom is 0.147 e. The van der Waals surface area contributed by atoms with Crippen LogP contribution in [0.25, 0.3) is 10.9 Å². The molecule has 0 spiro atoms. The van der Waals surface area contributed by atoms with E-state index >= 15 is 0 Å². The summed E-state index contributed by atoms with van der Waals surface area (Å²) in [4.78, 5) is 8.96. The monoisotopic (exact) mass is 369 g/mol. The maximum atomic E-state index is 11.1. The molecule has 0 aliphatic rings. The molecule has 140 valence electrons. The number of fused-ring (bicyclic) bond motifs is 1. The first kappa shape index (κ1) is 18.0. The molecule has 28 heavy (non-hydrogen) atoms. The summed E-state index contributed by atoms with van der Waals surface area (Å²) in [5, 5.41) is 15.5. The molecule has 2 heterocycles. The summed E-state index contributed by atoms with van der Waals surface area (Å²) in [7, 11) is 0. The second-order valence-corrected chi connectivity index (χ2v) is 7.16. The molecule has 2 N–H and O–H groups in total. The highest BCUT2D eigenvalue weighted by molar-refractivity contribution is 5.86. The zero-order chi connectivity index (χ0) is 19.7. The minimum atomic E-state index is -0.249. The third-order valence-electron chi connectivity index (χ3n) is 5.14. The molecule has 0 bridgehead atoms. The van der Waals surface area contributed by atoms with Gasteiger partial charge in [-0.25, -0.2) is 9.97 Å². The van der Waals surface area contributed by atoms with Crippen LogP contribution in [0.15, 0.2) is 66.9 Å². The van der Waals surface area contributed by atoms with Gasteiger partial charge in [-0.3, -0.25) is 0 Å². The second kappa shape index (κ2) is 7.31. The largest absolute Gasteiger partial charge is 0.505 e. The number of phenolic OH excluding ortho intramolecular Hbond substituents is 1. The predicted octanol–water partition coefficient (Wildman–Crippen LogP) is 5.46. The van der Waals surface area contributed by atoms with Gasteiger partial charge in [0, 0.05) is 22.8 Å². The molecule has 1 unspecified atom stereocenters. The molecule has 4 aromatic rings. The number of aromatic nitrogens is 2. The van der Waals surface area contributed by atoms with Crippen molar-refractivity contribution in [3.05, 3.63) is 94.8 Å².